The molecule has 1 aromatic carbocycles. The number of sulfonamides is 1. The Morgan fingerprint density at radius 1 is 1.20 bits per heavy atom. The van der Waals surface area contributed by atoms with Gasteiger partial charge in [-0.1, -0.05) is 6.07 Å². The predicted octanol–water partition coefficient (Wildman–Crippen LogP) is 2.39. The van der Waals surface area contributed by atoms with E-state index in [1.807, 2.05) is 31.3 Å². The van der Waals surface area contributed by atoms with E-state index >= 15 is 0 Å². The lowest BCUT2D eigenvalue weighted by Gasteiger charge is -2.12. The maximum absolute atomic E-state index is 11.8. The number of fused-ring (bicyclic) bond motifs is 2. The SMILES string of the molecule is COc1cc(CNS(=O)(=O)CC#N)ccc1-n1nc(C)c2cnc(-c3cnn4cccnc34)cc21. The Hall–Kier alpha value is -4.34. The number of benzene rings is 1. The first-order valence-electron chi connectivity index (χ1n) is 10.6. The summed E-state index contributed by atoms with van der Waals surface area (Å²) in [4.78, 5) is 9.04. The van der Waals surface area contributed by atoms with Gasteiger partial charge in [0, 0.05) is 30.5 Å². The van der Waals surface area contributed by atoms with Gasteiger partial charge in [-0.15, -0.1) is 0 Å². The second-order valence-corrected chi connectivity index (χ2v) is 9.58. The molecule has 5 aromatic rings. The van der Waals surface area contributed by atoms with Crippen molar-refractivity contribution >= 4 is 26.6 Å². The van der Waals surface area contributed by atoms with Crippen LogP contribution in [-0.4, -0.2) is 50.6 Å². The van der Waals surface area contributed by atoms with E-state index in [4.69, 9.17) is 15.1 Å². The van der Waals surface area contributed by atoms with Gasteiger partial charge in [0.2, 0.25) is 10.0 Å². The lowest BCUT2D eigenvalue weighted by Crippen LogP contribution is -2.25. The molecule has 0 fully saturated rings. The number of aryl methyl sites for hydroxylation is 1. The van der Waals surface area contributed by atoms with Crippen LogP contribution in [0.1, 0.15) is 11.3 Å². The Bertz CT molecular complexity index is 1720. The van der Waals surface area contributed by atoms with Gasteiger partial charge in [-0.2, -0.15) is 15.5 Å². The molecule has 4 aromatic heterocycles. The summed E-state index contributed by atoms with van der Waals surface area (Å²) in [7, 11) is -2.13. The minimum atomic E-state index is -3.67. The summed E-state index contributed by atoms with van der Waals surface area (Å²) in [5, 5.41) is 18.6. The number of nitrogens with one attached hydrogen (secondary N) is 1. The van der Waals surface area contributed by atoms with Gasteiger partial charge in [-0.05, 0) is 36.8 Å². The average Bonchev–Trinajstić information content (AvgIpc) is 3.43. The van der Waals surface area contributed by atoms with E-state index in [0.717, 1.165) is 22.2 Å². The molecular weight excluding hydrogens is 468 g/mol. The topological polar surface area (TPSA) is 140 Å². The summed E-state index contributed by atoms with van der Waals surface area (Å²) >= 11 is 0. The molecule has 0 saturated heterocycles. The van der Waals surface area contributed by atoms with Crippen LogP contribution in [0.2, 0.25) is 0 Å². The smallest absolute Gasteiger partial charge is 0.225 e. The van der Waals surface area contributed by atoms with Crippen molar-refractivity contribution in [1.29, 1.82) is 5.26 Å². The number of hydrogen-bond acceptors (Lipinski definition) is 8. The van der Waals surface area contributed by atoms with Gasteiger partial charge < -0.3 is 4.74 Å². The lowest BCUT2D eigenvalue weighted by molar-refractivity contribution is 0.411. The van der Waals surface area contributed by atoms with E-state index in [1.54, 1.807) is 53.1 Å². The zero-order valence-corrected chi connectivity index (χ0v) is 19.7. The molecule has 176 valence electrons. The van der Waals surface area contributed by atoms with Gasteiger partial charge in [-0.25, -0.2) is 27.3 Å². The number of nitriles is 1. The van der Waals surface area contributed by atoms with Crippen molar-refractivity contribution in [3.63, 3.8) is 0 Å². The third kappa shape index (κ3) is 4.18. The molecule has 0 radical (unpaired) electrons. The summed E-state index contributed by atoms with van der Waals surface area (Å²) in [5.41, 5.74) is 5.18. The zero-order valence-electron chi connectivity index (χ0n) is 18.9. The summed E-state index contributed by atoms with van der Waals surface area (Å²) < 4.78 is 35.1. The number of hydrogen-bond donors (Lipinski definition) is 1. The third-order valence-electron chi connectivity index (χ3n) is 5.53. The van der Waals surface area contributed by atoms with Crippen LogP contribution < -0.4 is 9.46 Å². The van der Waals surface area contributed by atoms with Crippen molar-refractivity contribution in [2.75, 3.05) is 12.9 Å². The van der Waals surface area contributed by atoms with E-state index in [1.165, 1.54) is 0 Å². The summed E-state index contributed by atoms with van der Waals surface area (Å²) in [5.74, 6) is -0.0818. The molecule has 1 N–H and O–H groups in total. The first-order valence-corrected chi connectivity index (χ1v) is 12.2. The fraction of sp³-hybridized carbons (Fsp3) is 0.174. The van der Waals surface area contributed by atoms with E-state index < -0.39 is 15.8 Å². The molecule has 0 spiro atoms. The lowest BCUT2D eigenvalue weighted by atomic mass is 10.1. The van der Waals surface area contributed by atoms with Crippen molar-refractivity contribution in [1.82, 2.24) is 34.1 Å². The van der Waals surface area contributed by atoms with E-state index in [9.17, 15) is 8.42 Å². The Kier molecular flexibility index (Phi) is 5.64. The number of ether oxygens (including phenoxy) is 1. The van der Waals surface area contributed by atoms with Crippen LogP contribution in [0.5, 0.6) is 5.75 Å². The standard InChI is InChI=1S/C23H20N8O3S/c1-15-17-13-26-19(18-14-27-30-8-3-7-25-23(18)30)11-21(17)31(29-15)20-5-4-16(10-22(20)34-2)12-28-35(32,33)9-6-24/h3-5,7-8,10-11,13-14,28H,9,12H2,1-2H3. The fourth-order valence-electron chi connectivity index (χ4n) is 3.83. The number of methoxy groups -OCH3 is 1. The van der Waals surface area contributed by atoms with E-state index in [-0.39, 0.29) is 6.54 Å². The first-order chi connectivity index (χ1) is 16.9. The second kappa shape index (κ2) is 8.79. The molecule has 35 heavy (non-hydrogen) atoms. The molecule has 0 aliphatic rings. The van der Waals surface area contributed by atoms with Crippen molar-refractivity contribution in [2.45, 2.75) is 13.5 Å². The van der Waals surface area contributed by atoms with Gasteiger partial charge in [0.25, 0.3) is 0 Å². The summed E-state index contributed by atoms with van der Waals surface area (Å²) in [6, 6.07) is 10.7. The van der Waals surface area contributed by atoms with Gasteiger partial charge in [0.05, 0.1) is 41.8 Å². The maximum Gasteiger partial charge on any atom is 0.225 e. The van der Waals surface area contributed by atoms with Crippen LogP contribution in [-0.2, 0) is 16.6 Å². The van der Waals surface area contributed by atoms with Crippen LogP contribution in [0, 0.1) is 18.3 Å². The van der Waals surface area contributed by atoms with Crippen molar-refractivity contribution in [3.8, 4) is 28.8 Å². The highest BCUT2D eigenvalue weighted by molar-refractivity contribution is 7.89. The van der Waals surface area contributed by atoms with Gasteiger partial charge in [-0.3, -0.25) is 4.98 Å². The molecule has 0 saturated carbocycles. The first kappa shape index (κ1) is 22.5. The third-order valence-corrected chi connectivity index (χ3v) is 6.62. The van der Waals surface area contributed by atoms with Crippen molar-refractivity contribution in [3.05, 3.63) is 66.4 Å². The molecular formula is C23H20N8O3S. The highest BCUT2D eigenvalue weighted by Gasteiger charge is 2.17. The average molecular weight is 489 g/mol. The van der Waals surface area contributed by atoms with Crippen molar-refractivity contribution in [2.24, 2.45) is 0 Å². The van der Waals surface area contributed by atoms with Crippen molar-refractivity contribution < 1.29 is 13.2 Å². The minimum absolute atomic E-state index is 0.0370. The molecule has 0 amide bonds. The number of nitrogens with zero attached hydrogens (tertiary/aromatic N) is 7. The van der Waals surface area contributed by atoms with Gasteiger partial charge >= 0.3 is 0 Å². The molecule has 11 nitrogen and oxygen atoms in total. The quantitative estimate of drug-likeness (QED) is 0.368. The molecule has 0 unspecified atom stereocenters. The number of rotatable bonds is 7. The molecule has 12 heteroatoms. The largest absolute Gasteiger partial charge is 0.494 e. The highest BCUT2D eigenvalue weighted by atomic mass is 32.2. The zero-order chi connectivity index (χ0) is 24.6. The normalized spacial score (nSPS) is 11.7. The summed E-state index contributed by atoms with van der Waals surface area (Å²) in [6.07, 6.45) is 7.04. The van der Waals surface area contributed by atoms with Crippen LogP contribution in [0.25, 0.3) is 33.5 Å². The predicted molar refractivity (Wildman–Crippen MR) is 128 cm³/mol. The Morgan fingerprint density at radius 2 is 2.06 bits per heavy atom. The van der Waals surface area contributed by atoms with Crippen LogP contribution in [0.15, 0.2) is 55.1 Å². The minimum Gasteiger partial charge on any atom is -0.494 e. The Morgan fingerprint density at radius 3 is 2.86 bits per heavy atom. The molecule has 0 atom stereocenters. The van der Waals surface area contributed by atoms with E-state index in [0.29, 0.717) is 28.3 Å². The molecule has 4 heterocycles. The number of aromatic nitrogens is 6. The fourth-order valence-corrected chi connectivity index (χ4v) is 4.49. The molecule has 0 bridgehead atoms. The Labute approximate surface area is 200 Å². The maximum atomic E-state index is 11.8. The van der Waals surface area contributed by atoms with Crippen LogP contribution >= 0.6 is 0 Å². The highest BCUT2D eigenvalue weighted by Crippen LogP contribution is 2.31. The van der Waals surface area contributed by atoms with E-state index in [2.05, 4.69) is 19.8 Å². The summed E-state index contributed by atoms with van der Waals surface area (Å²) in [6.45, 7) is 1.94. The van der Waals surface area contributed by atoms with Gasteiger partial charge in [0.1, 0.15) is 11.4 Å². The van der Waals surface area contributed by atoms with Crippen LogP contribution in [0.3, 0.4) is 0 Å². The Balaban J connectivity index is 1.56. The van der Waals surface area contributed by atoms with Gasteiger partial charge in [0.15, 0.2) is 11.4 Å². The van der Waals surface area contributed by atoms with Crippen LogP contribution in [0.4, 0.5) is 0 Å². The molecule has 5 rings (SSSR count). The molecule has 0 aliphatic carbocycles. The number of pyridine rings is 1. The molecule has 0 aliphatic heterocycles. The second-order valence-electron chi connectivity index (χ2n) is 7.77. The monoisotopic (exact) mass is 488 g/mol.